The highest BCUT2D eigenvalue weighted by Crippen LogP contribution is 2.22. The van der Waals surface area contributed by atoms with E-state index in [9.17, 15) is 4.79 Å². The van der Waals surface area contributed by atoms with E-state index >= 15 is 0 Å². The summed E-state index contributed by atoms with van der Waals surface area (Å²) in [5, 5.41) is 10.8. The fraction of sp³-hybridized carbons (Fsp3) is 0.222. The molecule has 4 aromatic rings. The topological polar surface area (TPSA) is 110 Å². The Labute approximate surface area is 148 Å². The lowest BCUT2D eigenvalue weighted by Crippen LogP contribution is -2.23. The normalized spacial score (nSPS) is 11.1. The highest BCUT2D eigenvalue weighted by Gasteiger charge is 2.14. The molecule has 0 unspecified atom stereocenters. The van der Waals surface area contributed by atoms with E-state index in [0.717, 1.165) is 22.4 Å². The number of aromatic nitrogens is 4. The van der Waals surface area contributed by atoms with Crippen LogP contribution in [0.4, 0.5) is 0 Å². The molecular weight excluding hydrogens is 334 g/mol. The van der Waals surface area contributed by atoms with E-state index in [4.69, 9.17) is 8.83 Å². The third-order valence-corrected chi connectivity index (χ3v) is 4.01. The number of fused-ring (bicyclic) bond motifs is 1. The summed E-state index contributed by atoms with van der Waals surface area (Å²) in [6.07, 6.45) is 2.20. The summed E-state index contributed by atoms with van der Waals surface area (Å²) >= 11 is 0. The van der Waals surface area contributed by atoms with Crippen molar-refractivity contribution in [2.24, 2.45) is 0 Å². The first-order chi connectivity index (χ1) is 12.7. The third-order valence-electron chi connectivity index (χ3n) is 4.01. The van der Waals surface area contributed by atoms with Gasteiger partial charge in [-0.1, -0.05) is 12.1 Å². The highest BCUT2D eigenvalue weighted by atomic mass is 16.4. The third kappa shape index (κ3) is 3.34. The van der Waals surface area contributed by atoms with Gasteiger partial charge in [0.2, 0.25) is 11.8 Å². The fourth-order valence-corrected chi connectivity index (χ4v) is 2.65. The molecule has 2 N–H and O–H groups in total. The predicted molar refractivity (Wildman–Crippen MR) is 93.0 cm³/mol. The van der Waals surface area contributed by atoms with Gasteiger partial charge < -0.3 is 19.1 Å². The number of aromatic amines is 1. The largest absolute Gasteiger partial charge is 0.469 e. The summed E-state index contributed by atoms with van der Waals surface area (Å²) in [5.41, 5.74) is 2.59. The number of furan rings is 1. The van der Waals surface area contributed by atoms with Crippen molar-refractivity contribution in [1.82, 2.24) is 25.5 Å². The molecule has 0 atom stereocenters. The number of nitrogens with zero attached hydrogens (tertiary/aromatic N) is 3. The molecule has 0 fully saturated rings. The zero-order chi connectivity index (χ0) is 17.9. The minimum Gasteiger partial charge on any atom is -0.469 e. The van der Waals surface area contributed by atoms with Crippen LogP contribution in [0.2, 0.25) is 0 Å². The molecule has 0 bridgehead atoms. The van der Waals surface area contributed by atoms with E-state index in [1.165, 1.54) is 0 Å². The van der Waals surface area contributed by atoms with Crippen molar-refractivity contribution in [2.75, 3.05) is 0 Å². The van der Waals surface area contributed by atoms with Gasteiger partial charge in [-0.25, -0.2) is 4.98 Å². The maximum absolute atomic E-state index is 12.0. The van der Waals surface area contributed by atoms with Crippen molar-refractivity contribution in [2.45, 2.75) is 26.3 Å². The predicted octanol–water partition coefficient (Wildman–Crippen LogP) is 2.76. The summed E-state index contributed by atoms with van der Waals surface area (Å²) in [6, 6.07) is 9.50. The summed E-state index contributed by atoms with van der Waals surface area (Å²) in [6.45, 7) is 2.17. The molecule has 1 amide bonds. The summed E-state index contributed by atoms with van der Waals surface area (Å²) in [5.74, 6) is 2.14. The molecule has 0 aliphatic carbocycles. The van der Waals surface area contributed by atoms with Crippen molar-refractivity contribution < 1.29 is 13.6 Å². The van der Waals surface area contributed by atoms with Crippen LogP contribution in [0.5, 0.6) is 0 Å². The number of H-pyrrole nitrogens is 1. The Balaban J connectivity index is 1.30. The van der Waals surface area contributed by atoms with Crippen LogP contribution in [0, 0.1) is 6.92 Å². The second-order valence-corrected chi connectivity index (χ2v) is 5.87. The minimum absolute atomic E-state index is 0.107. The number of carbonyl (C=O) groups excluding carboxylic acids is 1. The van der Waals surface area contributed by atoms with E-state index < -0.39 is 0 Å². The zero-order valence-electron chi connectivity index (χ0n) is 14.2. The van der Waals surface area contributed by atoms with Gasteiger partial charge in [-0.15, -0.1) is 10.2 Å². The minimum atomic E-state index is -0.107. The summed E-state index contributed by atoms with van der Waals surface area (Å²) in [4.78, 5) is 19.6. The molecule has 3 aromatic heterocycles. The van der Waals surface area contributed by atoms with Gasteiger partial charge >= 0.3 is 0 Å². The van der Waals surface area contributed by atoms with Gasteiger partial charge in [-0.05, 0) is 25.1 Å². The first-order valence-corrected chi connectivity index (χ1v) is 8.26. The Morgan fingerprint density at radius 1 is 1.23 bits per heavy atom. The van der Waals surface area contributed by atoms with Crippen LogP contribution in [0.1, 0.15) is 23.9 Å². The number of hydrogen-bond acceptors (Lipinski definition) is 6. The Bertz CT molecular complexity index is 1010. The number of benzene rings is 1. The van der Waals surface area contributed by atoms with Crippen molar-refractivity contribution in [1.29, 1.82) is 0 Å². The number of imidazole rings is 1. The molecule has 0 spiro atoms. The van der Waals surface area contributed by atoms with E-state index in [-0.39, 0.29) is 12.3 Å². The highest BCUT2D eigenvalue weighted by molar-refractivity contribution is 5.77. The lowest BCUT2D eigenvalue weighted by molar-refractivity contribution is -0.121. The number of rotatable bonds is 6. The number of nitrogens with one attached hydrogen (secondary N) is 2. The van der Waals surface area contributed by atoms with Crippen LogP contribution < -0.4 is 5.32 Å². The molecule has 0 saturated carbocycles. The van der Waals surface area contributed by atoms with Crippen LogP contribution in [0.25, 0.3) is 22.5 Å². The smallest absolute Gasteiger partial charge is 0.251 e. The molecule has 8 heteroatoms. The zero-order valence-corrected chi connectivity index (χ0v) is 14.2. The second-order valence-electron chi connectivity index (χ2n) is 5.87. The van der Waals surface area contributed by atoms with Gasteiger partial charge in [0.05, 0.1) is 29.4 Å². The van der Waals surface area contributed by atoms with Crippen molar-refractivity contribution in [3.63, 3.8) is 0 Å². The fourth-order valence-electron chi connectivity index (χ4n) is 2.65. The van der Waals surface area contributed by atoms with E-state index in [2.05, 4.69) is 25.5 Å². The number of para-hydroxylation sites is 2. The second kappa shape index (κ2) is 6.83. The van der Waals surface area contributed by atoms with Gasteiger partial charge in [0.15, 0.2) is 0 Å². The Morgan fingerprint density at radius 3 is 2.92 bits per heavy atom. The van der Waals surface area contributed by atoms with Crippen LogP contribution in [0.15, 0.2) is 45.4 Å². The standard InChI is InChI=1S/C18H17N5O3/c1-11-12(8-9-25-11)18-23-22-17(26-18)7-6-16(24)19-10-15-20-13-4-2-3-5-14(13)21-15/h2-5,8-9H,6-7,10H2,1H3,(H,19,24)(H,20,21). The average Bonchev–Trinajstić information content (AvgIpc) is 3.36. The number of aryl methyl sites for hydroxylation is 2. The maximum atomic E-state index is 12.0. The lowest BCUT2D eigenvalue weighted by Gasteiger charge is -2.01. The molecule has 4 rings (SSSR count). The number of carbonyl (C=O) groups is 1. The molecule has 8 nitrogen and oxygen atoms in total. The Morgan fingerprint density at radius 2 is 2.12 bits per heavy atom. The first-order valence-electron chi connectivity index (χ1n) is 8.26. The Kier molecular flexibility index (Phi) is 4.22. The van der Waals surface area contributed by atoms with E-state index in [0.29, 0.717) is 30.5 Å². The van der Waals surface area contributed by atoms with Crippen LogP contribution in [0.3, 0.4) is 0 Å². The van der Waals surface area contributed by atoms with Crippen molar-refractivity contribution in [3.8, 4) is 11.5 Å². The van der Waals surface area contributed by atoms with Crippen molar-refractivity contribution >= 4 is 16.9 Å². The molecule has 1 aromatic carbocycles. The SMILES string of the molecule is Cc1occc1-c1nnc(CCC(=O)NCc2nc3ccccc3[nH]2)o1. The number of amides is 1. The molecular formula is C18H17N5O3. The van der Waals surface area contributed by atoms with Crippen LogP contribution in [-0.4, -0.2) is 26.1 Å². The summed E-state index contributed by atoms with van der Waals surface area (Å²) in [7, 11) is 0. The van der Waals surface area contributed by atoms with E-state index in [1.54, 1.807) is 12.3 Å². The van der Waals surface area contributed by atoms with Crippen LogP contribution >= 0.6 is 0 Å². The van der Waals surface area contributed by atoms with Gasteiger partial charge in [0.25, 0.3) is 5.89 Å². The molecule has 0 aliphatic rings. The number of hydrogen-bond donors (Lipinski definition) is 2. The quantitative estimate of drug-likeness (QED) is 0.553. The van der Waals surface area contributed by atoms with E-state index in [1.807, 2.05) is 31.2 Å². The molecule has 0 aliphatic heterocycles. The average molecular weight is 351 g/mol. The summed E-state index contributed by atoms with van der Waals surface area (Å²) < 4.78 is 10.8. The first kappa shape index (κ1) is 16.1. The molecule has 0 saturated heterocycles. The van der Waals surface area contributed by atoms with Gasteiger partial charge in [-0.2, -0.15) is 0 Å². The van der Waals surface area contributed by atoms with Crippen LogP contribution in [-0.2, 0) is 17.8 Å². The Hall–Kier alpha value is -3.42. The monoisotopic (exact) mass is 351 g/mol. The van der Waals surface area contributed by atoms with Crippen molar-refractivity contribution in [3.05, 3.63) is 54.1 Å². The van der Waals surface area contributed by atoms with Gasteiger partial charge in [0.1, 0.15) is 11.6 Å². The van der Waals surface area contributed by atoms with Gasteiger partial charge in [0, 0.05) is 12.8 Å². The molecule has 3 heterocycles. The maximum Gasteiger partial charge on any atom is 0.251 e. The molecule has 0 radical (unpaired) electrons. The molecule has 132 valence electrons. The van der Waals surface area contributed by atoms with Gasteiger partial charge in [-0.3, -0.25) is 4.79 Å². The lowest BCUT2D eigenvalue weighted by atomic mass is 10.2. The molecule has 26 heavy (non-hydrogen) atoms.